The molecule has 0 bridgehead atoms. The van der Waals surface area contributed by atoms with E-state index < -0.39 is 6.04 Å². The number of likely N-dealkylation sites (tertiary alicyclic amines) is 1. The van der Waals surface area contributed by atoms with E-state index in [-0.39, 0.29) is 23.8 Å². The monoisotopic (exact) mass is 296 g/mol. The van der Waals surface area contributed by atoms with E-state index in [1.54, 1.807) is 0 Å². The molecule has 0 spiro atoms. The van der Waals surface area contributed by atoms with E-state index in [0.29, 0.717) is 13.1 Å². The Morgan fingerprint density at radius 1 is 1.48 bits per heavy atom. The van der Waals surface area contributed by atoms with Gasteiger partial charge in [-0.15, -0.1) is 0 Å². The van der Waals surface area contributed by atoms with Crippen LogP contribution in [0.2, 0.25) is 0 Å². The van der Waals surface area contributed by atoms with Gasteiger partial charge < -0.3 is 20.9 Å². The number of hydrogen-bond donors (Lipinski definition) is 2. The molecular formula is C15H28N4O2. The summed E-state index contributed by atoms with van der Waals surface area (Å²) in [6.45, 7) is 7.46. The number of nitrogens with two attached hydrogens (primary N) is 1. The number of nitrogens with one attached hydrogen (secondary N) is 1. The molecule has 3 unspecified atom stereocenters. The lowest BCUT2D eigenvalue weighted by atomic mass is 9.96. The number of hydrogen-bond acceptors (Lipinski definition) is 4. The van der Waals surface area contributed by atoms with Gasteiger partial charge in [0.2, 0.25) is 11.8 Å². The van der Waals surface area contributed by atoms with Crippen molar-refractivity contribution in [2.75, 3.05) is 32.7 Å². The smallest absolute Gasteiger partial charge is 0.239 e. The van der Waals surface area contributed by atoms with Gasteiger partial charge in [0.1, 0.15) is 0 Å². The lowest BCUT2D eigenvalue weighted by Gasteiger charge is -2.42. The van der Waals surface area contributed by atoms with Crippen molar-refractivity contribution in [1.29, 1.82) is 0 Å². The molecule has 3 N–H and O–H groups in total. The molecule has 2 saturated heterocycles. The van der Waals surface area contributed by atoms with E-state index in [1.807, 2.05) is 16.7 Å². The average molecular weight is 296 g/mol. The van der Waals surface area contributed by atoms with E-state index in [2.05, 4.69) is 12.2 Å². The fourth-order valence-electron chi connectivity index (χ4n) is 3.12. The highest BCUT2D eigenvalue weighted by molar-refractivity contribution is 5.82. The molecule has 2 heterocycles. The second-order valence-corrected chi connectivity index (χ2v) is 6.26. The summed E-state index contributed by atoms with van der Waals surface area (Å²) in [6.07, 6.45) is 2.83. The first-order valence-corrected chi connectivity index (χ1v) is 8.09. The van der Waals surface area contributed by atoms with E-state index in [4.69, 9.17) is 5.73 Å². The number of carbonyl (C=O) groups is 2. The standard InChI is InChI=1S/C15H28N4O2/c1-3-11(2)14(16)15(21)18-7-4-5-12(10-18)19-8-6-17-9-13(19)20/h11-12,14,17H,3-10,16H2,1-2H3. The molecule has 0 saturated carbocycles. The Kier molecular flexibility index (Phi) is 5.58. The molecule has 0 aromatic heterocycles. The van der Waals surface area contributed by atoms with Gasteiger partial charge in [-0.25, -0.2) is 0 Å². The average Bonchev–Trinajstić information content (AvgIpc) is 2.53. The molecule has 0 aromatic rings. The topological polar surface area (TPSA) is 78.7 Å². The maximum Gasteiger partial charge on any atom is 0.239 e. The van der Waals surface area contributed by atoms with Crippen LogP contribution < -0.4 is 11.1 Å². The number of nitrogens with zero attached hydrogens (tertiary/aromatic N) is 2. The molecule has 0 aromatic carbocycles. The molecule has 2 aliphatic rings. The van der Waals surface area contributed by atoms with E-state index in [0.717, 1.165) is 38.9 Å². The molecule has 2 rings (SSSR count). The van der Waals surface area contributed by atoms with Gasteiger partial charge in [0.15, 0.2) is 0 Å². The molecule has 2 fully saturated rings. The number of piperazine rings is 1. The highest BCUT2D eigenvalue weighted by Crippen LogP contribution is 2.19. The van der Waals surface area contributed by atoms with E-state index >= 15 is 0 Å². The van der Waals surface area contributed by atoms with Crippen LogP contribution in [0.4, 0.5) is 0 Å². The molecule has 6 nitrogen and oxygen atoms in total. The van der Waals surface area contributed by atoms with Gasteiger partial charge in [-0.05, 0) is 18.8 Å². The van der Waals surface area contributed by atoms with Crippen molar-refractivity contribution < 1.29 is 9.59 Å². The first-order valence-electron chi connectivity index (χ1n) is 8.09. The Bertz CT molecular complexity index is 388. The van der Waals surface area contributed by atoms with Crippen LogP contribution in [0.3, 0.4) is 0 Å². The van der Waals surface area contributed by atoms with Crippen LogP contribution in [0.1, 0.15) is 33.1 Å². The zero-order valence-corrected chi connectivity index (χ0v) is 13.2. The van der Waals surface area contributed by atoms with Crippen LogP contribution in [0.5, 0.6) is 0 Å². The normalized spacial score (nSPS) is 26.6. The number of rotatable bonds is 4. The van der Waals surface area contributed by atoms with Gasteiger partial charge in [0, 0.05) is 32.2 Å². The Morgan fingerprint density at radius 3 is 2.90 bits per heavy atom. The summed E-state index contributed by atoms with van der Waals surface area (Å²) < 4.78 is 0. The highest BCUT2D eigenvalue weighted by atomic mass is 16.2. The maximum atomic E-state index is 12.5. The lowest BCUT2D eigenvalue weighted by Crippen LogP contribution is -2.59. The minimum absolute atomic E-state index is 0.0385. The first kappa shape index (κ1) is 16.2. The summed E-state index contributed by atoms with van der Waals surface area (Å²) in [5, 5.41) is 3.09. The van der Waals surface area contributed by atoms with Gasteiger partial charge in [0.05, 0.1) is 12.6 Å². The summed E-state index contributed by atoms with van der Waals surface area (Å²) >= 11 is 0. The SMILES string of the molecule is CCC(C)C(N)C(=O)N1CCCC(N2CCNCC2=O)C1. The van der Waals surface area contributed by atoms with Gasteiger partial charge in [0.25, 0.3) is 0 Å². The maximum absolute atomic E-state index is 12.5. The van der Waals surface area contributed by atoms with Crippen LogP contribution in [0.15, 0.2) is 0 Å². The minimum atomic E-state index is -0.424. The van der Waals surface area contributed by atoms with E-state index in [1.165, 1.54) is 0 Å². The largest absolute Gasteiger partial charge is 0.339 e. The molecule has 6 heteroatoms. The summed E-state index contributed by atoms with van der Waals surface area (Å²) in [4.78, 5) is 28.3. The van der Waals surface area contributed by atoms with Crippen LogP contribution in [-0.2, 0) is 9.59 Å². The van der Waals surface area contributed by atoms with Crippen molar-refractivity contribution in [1.82, 2.24) is 15.1 Å². The predicted molar refractivity (Wildman–Crippen MR) is 81.6 cm³/mol. The third-order valence-corrected chi connectivity index (χ3v) is 4.82. The molecule has 0 radical (unpaired) electrons. The zero-order chi connectivity index (χ0) is 15.4. The van der Waals surface area contributed by atoms with Crippen molar-refractivity contribution in [3.05, 3.63) is 0 Å². The Hall–Kier alpha value is -1.14. The molecular weight excluding hydrogens is 268 g/mol. The van der Waals surface area contributed by atoms with E-state index in [9.17, 15) is 9.59 Å². The van der Waals surface area contributed by atoms with Crippen molar-refractivity contribution >= 4 is 11.8 Å². The van der Waals surface area contributed by atoms with Gasteiger partial charge in [-0.3, -0.25) is 9.59 Å². The van der Waals surface area contributed by atoms with Crippen molar-refractivity contribution in [2.45, 2.75) is 45.2 Å². The highest BCUT2D eigenvalue weighted by Gasteiger charge is 2.33. The Balaban J connectivity index is 1.96. The molecule has 2 aliphatic heterocycles. The minimum Gasteiger partial charge on any atom is -0.339 e. The molecule has 0 aliphatic carbocycles. The van der Waals surface area contributed by atoms with Crippen LogP contribution >= 0.6 is 0 Å². The predicted octanol–water partition coefficient (Wildman–Crippen LogP) is -0.217. The van der Waals surface area contributed by atoms with Gasteiger partial charge in [-0.1, -0.05) is 20.3 Å². The van der Waals surface area contributed by atoms with Crippen molar-refractivity contribution in [2.24, 2.45) is 11.7 Å². The fourth-order valence-corrected chi connectivity index (χ4v) is 3.12. The Labute approximate surface area is 127 Å². The molecule has 21 heavy (non-hydrogen) atoms. The lowest BCUT2D eigenvalue weighted by molar-refractivity contribution is -0.141. The summed E-state index contributed by atoms with van der Waals surface area (Å²) in [5.41, 5.74) is 6.07. The van der Waals surface area contributed by atoms with Crippen molar-refractivity contribution in [3.8, 4) is 0 Å². The second kappa shape index (κ2) is 7.22. The Morgan fingerprint density at radius 2 is 2.24 bits per heavy atom. The quantitative estimate of drug-likeness (QED) is 0.752. The van der Waals surface area contributed by atoms with Crippen molar-refractivity contribution in [3.63, 3.8) is 0 Å². The second-order valence-electron chi connectivity index (χ2n) is 6.26. The van der Waals surface area contributed by atoms with Gasteiger partial charge in [-0.2, -0.15) is 0 Å². The van der Waals surface area contributed by atoms with Crippen LogP contribution in [0.25, 0.3) is 0 Å². The number of amides is 2. The molecule has 120 valence electrons. The first-order chi connectivity index (χ1) is 10.0. The van der Waals surface area contributed by atoms with Gasteiger partial charge >= 0.3 is 0 Å². The number of carbonyl (C=O) groups excluding carboxylic acids is 2. The number of piperidine rings is 1. The molecule has 3 atom stereocenters. The summed E-state index contributed by atoms with van der Waals surface area (Å²) in [7, 11) is 0. The summed E-state index contributed by atoms with van der Waals surface area (Å²) in [5.74, 6) is 0.377. The third-order valence-electron chi connectivity index (χ3n) is 4.82. The van der Waals surface area contributed by atoms with Crippen LogP contribution in [-0.4, -0.2) is 66.4 Å². The van der Waals surface area contributed by atoms with Crippen LogP contribution in [0, 0.1) is 5.92 Å². The molecule has 2 amide bonds. The fraction of sp³-hybridized carbons (Fsp3) is 0.867. The third kappa shape index (κ3) is 3.74. The zero-order valence-electron chi connectivity index (χ0n) is 13.2. The summed E-state index contributed by atoms with van der Waals surface area (Å²) in [6, 6.07) is -0.270.